The number of rotatable bonds is 6. The predicted molar refractivity (Wildman–Crippen MR) is 99.0 cm³/mol. The Bertz CT molecular complexity index is 1130. The van der Waals surface area contributed by atoms with Crippen LogP contribution in [0.15, 0.2) is 43.1 Å². The van der Waals surface area contributed by atoms with Gasteiger partial charge in [0.1, 0.15) is 23.6 Å². The van der Waals surface area contributed by atoms with Crippen molar-refractivity contribution in [3.05, 3.63) is 71.6 Å². The molecule has 28 heavy (non-hydrogen) atoms. The fraction of sp³-hybridized carbons (Fsp3) is 0.158. The van der Waals surface area contributed by atoms with Crippen LogP contribution >= 0.6 is 0 Å². The molecule has 4 heterocycles. The molecule has 0 saturated heterocycles. The summed E-state index contributed by atoms with van der Waals surface area (Å²) in [4.78, 5) is 18.9. The van der Waals surface area contributed by atoms with E-state index in [0.717, 1.165) is 17.1 Å². The molecule has 4 aromatic rings. The highest BCUT2D eigenvalue weighted by Gasteiger charge is 2.11. The molecule has 0 saturated carbocycles. The Balaban J connectivity index is 1.49. The molecule has 0 aliphatic rings. The summed E-state index contributed by atoms with van der Waals surface area (Å²) < 4.78 is 33.3. The summed E-state index contributed by atoms with van der Waals surface area (Å²) in [7, 11) is 1.45. The Hall–Kier alpha value is -3.62. The van der Waals surface area contributed by atoms with Crippen molar-refractivity contribution in [3.63, 3.8) is 0 Å². The molecule has 0 aliphatic heterocycles. The number of aromatic nitrogens is 5. The summed E-state index contributed by atoms with van der Waals surface area (Å²) in [6.07, 6.45) is 6.35. The number of methoxy groups -OCH3 is 1. The van der Waals surface area contributed by atoms with Crippen molar-refractivity contribution in [2.45, 2.75) is 13.0 Å². The number of pyridine rings is 2. The highest BCUT2D eigenvalue weighted by molar-refractivity contribution is 5.78. The smallest absolute Gasteiger partial charge is 0.218 e. The first-order valence-electron chi connectivity index (χ1n) is 8.47. The summed E-state index contributed by atoms with van der Waals surface area (Å²) in [6.45, 7) is 0.121. The number of hydrogen-bond donors (Lipinski definition) is 2. The number of H-pyrrole nitrogens is 1. The van der Waals surface area contributed by atoms with Crippen LogP contribution in [0.25, 0.3) is 11.0 Å². The second kappa shape index (κ2) is 7.55. The number of fused-ring (bicyclic) bond motifs is 1. The minimum atomic E-state index is -0.594. The van der Waals surface area contributed by atoms with E-state index in [1.807, 2.05) is 0 Å². The van der Waals surface area contributed by atoms with Gasteiger partial charge in [-0.1, -0.05) is 6.07 Å². The molecule has 7 nitrogen and oxygen atoms in total. The van der Waals surface area contributed by atoms with Crippen LogP contribution in [0, 0.1) is 11.8 Å². The monoisotopic (exact) mass is 382 g/mol. The van der Waals surface area contributed by atoms with Crippen LogP contribution in [0.2, 0.25) is 0 Å². The van der Waals surface area contributed by atoms with Crippen LogP contribution < -0.4 is 10.1 Å². The van der Waals surface area contributed by atoms with Gasteiger partial charge in [0.25, 0.3) is 0 Å². The van der Waals surface area contributed by atoms with Crippen molar-refractivity contribution >= 4 is 16.9 Å². The summed E-state index contributed by atoms with van der Waals surface area (Å²) in [5, 5.41) is 3.75. The van der Waals surface area contributed by atoms with Crippen LogP contribution in [0.4, 0.5) is 14.6 Å². The third-order valence-corrected chi connectivity index (χ3v) is 4.33. The molecule has 0 atom stereocenters. The molecule has 0 bridgehead atoms. The number of anilines is 1. The molecule has 0 radical (unpaired) electrons. The first-order chi connectivity index (χ1) is 13.6. The first kappa shape index (κ1) is 17.8. The molecule has 0 fully saturated rings. The molecule has 0 aliphatic carbocycles. The van der Waals surface area contributed by atoms with E-state index in [1.165, 1.54) is 19.5 Å². The van der Waals surface area contributed by atoms with Gasteiger partial charge in [0.05, 0.1) is 13.3 Å². The standard InChI is InChI=1S/C19H16F2N6O/c1-28-17-5-13(15(20)9-24-17)7-23-16-3-2-11(18(21)27-16)4-12-6-25-19-14(12)8-22-10-26-19/h2-3,5-6,8-10H,4,7H2,1H3,(H,23,27)(H,22,25,26). The van der Waals surface area contributed by atoms with Gasteiger partial charge in [0.15, 0.2) is 0 Å². The SMILES string of the molecule is COc1cc(CNc2ccc(Cc3c[nH]c4ncncc34)c(F)n2)c(F)cn1. The summed E-state index contributed by atoms with van der Waals surface area (Å²) in [5.74, 6) is -0.468. The van der Waals surface area contributed by atoms with Gasteiger partial charge < -0.3 is 15.0 Å². The van der Waals surface area contributed by atoms with E-state index in [1.54, 1.807) is 24.5 Å². The van der Waals surface area contributed by atoms with Crippen LogP contribution in [-0.2, 0) is 13.0 Å². The highest BCUT2D eigenvalue weighted by atomic mass is 19.1. The molecule has 0 aromatic carbocycles. The third kappa shape index (κ3) is 3.59. The van der Waals surface area contributed by atoms with Gasteiger partial charge in [0, 0.05) is 47.9 Å². The zero-order valence-electron chi connectivity index (χ0n) is 14.9. The number of nitrogens with one attached hydrogen (secondary N) is 2. The molecule has 142 valence electrons. The van der Waals surface area contributed by atoms with Gasteiger partial charge in [-0.25, -0.2) is 24.3 Å². The zero-order valence-corrected chi connectivity index (χ0v) is 14.9. The van der Waals surface area contributed by atoms with Crippen molar-refractivity contribution in [3.8, 4) is 5.88 Å². The molecule has 4 rings (SSSR count). The third-order valence-electron chi connectivity index (χ3n) is 4.33. The fourth-order valence-corrected chi connectivity index (χ4v) is 2.85. The van der Waals surface area contributed by atoms with Crippen molar-refractivity contribution in [2.24, 2.45) is 0 Å². The van der Waals surface area contributed by atoms with Crippen LogP contribution in [0.5, 0.6) is 5.88 Å². The van der Waals surface area contributed by atoms with Crippen molar-refractivity contribution < 1.29 is 13.5 Å². The van der Waals surface area contributed by atoms with Crippen molar-refractivity contribution in [2.75, 3.05) is 12.4 Å². The number of ether oxygens (including phenoxy) is 1. The van der Waals surface area contributed by atoms with E-state index in [9.17, 15) is 8.78 Å². The van der Waals surface area contributed by atoms with Crippen molar-refractivity contribution in [1.29, 1.82) is 0 Å². The number of hydrogen-bond acceptors (Lipinski definition) is 6. The van der Waals surface area contributed by atoms with Gasteiger partial charge in [0.2, 0.25) is 11.8 Å². The number of nitrogens with zero attached hydrogens (tertiary/aromatic N) is 4. The Morgan fingerprint density at radius 1 is 1.11 bits per heavy atom. The van der Waals surface area contributed by atoms with E-state index in [2.05, 4.69) is 30.2 Å². The van der Waals surface area contributed by atoms with Gasteiger partial charge in [-0.15, -0.1) is 0 Å². The van der Waals surface area contributed by atoms with E-state index in [-0.39, 0.29) is 6.54 Å². The summed E-state index contributed by atoms with van der Waals surface area (Å²) in [6, 6.07) is 4.78. The van der Waals surface area contributed by atoms with E-state index in [0.29, 0.717) is 34.9 Å². The first-order valence-corrected chi connectivity index (χ1v) is 8.47. The van der Waals surface area contributed by atoms with Gasteiger partial charge in [-0.05, 0) is 11.6 Å². The molecule has 0 unspecified atom stereocenters. The zero-order chi connectivity index (χ0) is 19.5. The van der Waals surface area contributed by atoms with Crippen LogP contribution in [-0.4, -0.2) is 32.0 Å². The molecule has 0 amide bonds. The molecule has 9 heteroatoms. The average Bonchev–Trinajstić information content (AvgIpc) is 3.12. The number of halogens is 2. The van der Waals surface area contributed by atoms with E-state index < -0.39 is 11.8 Å². The van der Waals surface area contributed by atoms with Crippen LogP contribution in [0.1, 0.15) is 16.7 Å². The van der Waals surface area contributed by atoms with Gasteiger partial charge >= 0.3 is 0 Å². The predicted octanol–water partition coefficient (Wildman–Crippen LogP) is 3.24. The maximum absolute atomic E-state index is 14.5. The Morgan fingerprint density at radius 2 is 2.00 bits per heavy atom. The lowest BCUT2D eigenvalue weighted by atomic mass is 10.1. The number of aromatic amines is 1. The second-order valence-electron chi connectivity index (χ2n) is 6.09. The Morgan fingerprint density at radius 3 is 2.82 bits per heavy atom. The Kier molecular flexibility index (Phi) is 4.79. The summed E-state index contributed by atoms with van der Waals surface area (Å²) in [5.41, 5.74) is 2.36. The highest BCUT2D eigenvalue weighted by Crippen LogP contribution is 2.21. The van der Waals surface area contributed by atoms with Crippen LogP contribution in [0.3, 0.4) is 0 Å². The molecule has 4 aromatic heterocycles. The lowest BCUT2D eigenvalue weighted by Crippen LogP contribution is -2.06. The minimum absolute atomic E-state index is 0.121. The maximum atomic E-state index is 14.5. The van der Waals surface area contributed by atoms with E-state index >= 15 is 0 Å². The molecule has 2 N–H and O–H groups in total. The fourth-order valence-electron chi connectivity index (χ4n) is 2.85. The van der Waals surface area contributed by atoms with Gasteiger partial charge in [-0.2, -0.15) is 4.39 Å². The molecular weight excluding hydrogens is 366 g/mol. The normalized spacial score (nSPS) is 11.0. The lowest BCUT2D eigenvalue weighted by molar-refractivity contribution is 0.395. The quantitative estimate of drug-likeness (QED) is 0.498. The van der Waals surface area contributed by atoms with E-state index in [4.69, 9.17) is 4.74 Å². The Labute approximate surface area is 158 Å². The average molecular weight is 382 g/mol. The lowest BCUT2D eigenvalue weighted by Gasteiger charge is -2.09. The topological polar surface area (TPSA) is 88.6 Å². The van der Waals surface area contributed by atoms with Gasteiger partial charge in [-0.3, -0.25) is 0 Å². The summed E-state index contributed by atoms with van der Waals surface area (Å²) >= 11 is 0. The molecule has 0 spiro atoms. The molecular formula is C19H16F2N6O. The minimum Gasteiger partial charge on any atom is -0.481 e. The maximum Gasteiger partial charge on any atom is 0.218 e. The van der Waals surface area contributed by atoms with Crippen molar-refractivity contribution in [1.82, 2.24) is 24.9 Å². The second-order valence-corrected chi connectivity index (χ2v) is 6.09. The largest absolute Gasteiger partial charge is 0.481 e.